The number of benzene rings is 2. The van der Waals surface area contributed by atoms with Crippen molar-refractivity contribution in [2.45, 2.75) is 18.0 Å². The number of allylic oxidation sites excluding steroid dienone is 2. The first kappa shape index (κ1) is 26.5. The summed E-state index contributed by atoms with van der Waals surface area (Å²) in [5, 5.41) is 19.4. The molecule has 1 unspecified atom stereocenters. The minimum absolute atomic E-state index is 0.0196. The van der Waals surface area contributed by atoms with Crippen LogP contribution in [-0.4, -0.2) is 35.2 Å². The molecule has 0 aromatic heterocycles. The van der Waals surface area contributed by atoms with Gasteiger partial charge < -0.3 is 11.3 Å². The van der Waals surface area contributed by atoms with Gasteiger partial charge in [0.05, 0.1) is 17.2 Å². The van der Waals surface area contributed by atoms with Gasteiger partial charge in [0.25, 0.3) is 5.92 Å². The zero-order chi connectivity index (χ0) is 25.7. The molecule has 0 bridgehead atoms. The van der Waals surface area contributed by atoms with Crippen LogP contribution in [0.5, 0.6) is 0 Å². The molecule has 2 aromatic carbocycles. The Hall–Kier alpha value is -3.74. The van der Waals surface area contributed by atoms with Crippen LogP contribution in [0.1, 0.15) is 22.6 Å². The number of rotatable bonds is 9. The number of halogens is 7. The van der Waals surface area contributed by atoms with Gasteiger partial charge in [0.1, 0.15) is 23.7 Å². The number of nitrogens with two attached hydrogens (primary N) is 2. The second-order valence-electron chi connectivity index (χ2n) is 7.04. The average molecular weight is 488 g/mol. The summed E-state index contributed by atoms with van der Waals surface area (Å²) in [6, 6.07) is 5.35. The zero-order valence-corrected chi connectivity index (χ0v) is 17.3. The molecule has 0 amide bonds. The van der Waals surface area contributed by atoms with Crippen molar-refractivity contribution < 1.29 is 30.7 Å². The number of hydrazone groups is 1. The van der Waals surface area contributed by atoms with Gasteiger partial charge in [0.2, 0.25) is 0 Å². The van der Waals surface area contributed by atoms with Crippen molar-refractivity contribution >= 4 is 17.8 Å². The maximum Gasteiger partial charge on any atom is 0.416 e. The van der Waals surface area contributed by atoms with E-state index in [9.17, 15) is 22.0 Å². The van der Waals surface area contributed by atoms with Crippen LogP contribution < -0.4 is 11.7 Å². The first-order chi connectivity index (χ1) is 15.8. The maximum absolute atomic E-state index is 15.2. The number of hydrogen-bond acceptors (Lipinski definition) is 5. The molecular formula is C21H19F7N6. The van der Waals surface area contributed by atoms with Crippen molar-refractivity contribution in [2.75, 3.05) is 6.54 Å². The Bertz CT molecular complexity index is 1090. The lowest BCUT2D eigenvalue weighted by Gasteiger charge is -2.29. The van der Waals surface area contributed by atoms with Gasteiger partial charge in [-0.05, 0) is 41.5 Å². The Labute approximate surface area is 189 Å². The van der Waals surface area contributed by atoms with Crippen LogP contribution in [0.2, 0.25) is 0 Å². The van der Waals surface area contributed by atoms with E-state index in [0.29, 0.717) is 17.2 Å². The lowest BCUT2D eigenvalue weighted by atomic mass is 9.88. The van der Waals surface area contributed by atoms with Crippen molar-refractivity contribution in [3.63, 3.8) is 0 Å². The third kappa shape index (κ3) is 6.41. The molecule has 0 aliphatic rings. The molecule has 2 rings (SSSR count). The van der Waals surface area contributed by atoms with Crippen LogP contribution in [0.25, 0.3) is 0 Å². The van der Waals surface area contributed by atoms with Gasteiger partial charge >= 0.3 is 6.18 Å². The van der Waals surface area contributed by atoms with E-state index in [-0.39, 0.29) is 5.56 Å². The minimum atomic E-state index is -4.59. The fourth-order valence-corrected chi connectivity index (χ4v) is 2.94. The van der Waals surface area contributed by atoms with Gasteiger partial charge in [0.15, 0.2) is 0 Å². The Morgan fingerprint density at radius 3 is 2.15 bits per heavy atom. The number of hydrogen-bond donors (Lipinski definition) is 4. The summed E-state index contributed by atoms with van der Waals surface area (Å²) >= 11 is 0. The molecule has 0 heterocycles. The maximum atomic E-state index is 15.2. The normalized spacial score (nSPS) is 13.4. The van der Waals surface area contributed by atoms with Gasteiger partial charge in [-0.3, -0.25) is 10.4 Å². The van der Waals surface area contributed by atoms with Crippen LogP contribution in [0.4, 0.5) is 30.7 Å². The summed E-state index contributed by atoms with van der Waals surface area (Å²) in [5.41, 5.74) is -3.41. The number of hydrazine groups is 1. The molecule has 1 atom stereocenters. The van der Waals surface area contributed by atoms with Crippen LogP contribution in [0.15, 0.2) is 59.7 Å². The van der Waals surface area contributed by atoms with Gasteiger partial charge in [-0.1, -0.05) is 18.2 Å². The largest absolute Gasteiger partial charge is 0.416 e. The SMILES string of the molecule is N=C(/C=C\C(=N)C(F)(F)C(CN(N)/C=N\N)c1ccc(F)cc1F)c1ccc(C(F)(F)F)cc1. The van der Waals surface area contributed by atoms with Crippen molar-refractivity contribution in [2.24, 2.45) is 16.8 Å². The van der Waals surface area contributed by atoms with Gasteiger partial charge in [0, 0.05) is 12.6 Å². The lowest BCUT2D eigenvalue weighted by Crippen LogP contribution is -2.44. The average Bonchev–Trinajstić information content (AvgIpc) is 2.75. The smallest absolute Gasteiger partial charge is 0.322 e. The standard InChI is InChI=1S/C21H19F7N6/c22-14-5-6-15(17(23)9-14)16(10-34(32)11-33-31)20(24,25)19(30)8-7-18(29)12-1-3-13(4-2-12)21(26,27)28/h1-9,11,16,29-30H,10,31-32H2/b8-7-,29-18?,30-19?,33-11-. The van der Waals surface area contributed by atoms with Crippen LogP contribution >= 0.6 is 0 Å². The first-order valence-electron chi connectivity index (χ1n) is 9.38. The van der Waals surface area contributed by atoms with Gasteiger partial charge in [-0.2, -0.15) is 27.1 Å². The highest BCUT2D eigenvalue weighted by atomic mass is 19.4. The van der Waals surface area contributed by atoms with E-state index >= 15 is 8.78 Å². The first-order valence-corrected chi connectivity index (χ1v) is 9.38. The highest BCUT2D eigenvalue weighted by Gasteiger charge is 2.45. The van der Waals surface area contributed by atoms with E-state index in [1.54, 1.807) is 0 Å². The lowest BCUT2D eigenvalue weighted by molar-refractivity contribution is -0.137. The third-order valence-electron chi connectivity index (χ3n) is 4.68. The molecule has 0 radical (unpaired) electrons. The molecule has 0 saturated heterocycles. The van der Waals surface area contributed by atoms with Gasteiger partial charge in [-0.25, -0.2) is 14.6 Å². The Morgan fingerprint density at radius 2 is 1.62 bits per heavy atom. The molecule has 182 valence electrons. The van der Waals surface area contributed by atoms with E-state index in [4.69, 9.17) is 22.5 Å². The van der Waals surface area contributed by atoms with Crippen LogP contribution in [0.3, 0.4) is 0 Å². The molecule has 0 spiro atoms. The molecule has 0 aliphatic carbocycles. The van der Waals surface area contributed by atoms with Crippen molar-refractivity contribution in [1.82, 2.24) is 5.01 Å². The molecule has 0 saturated carbocycles. The quantitative estimate of drug-likeness (QED) is 0.138. The fraction of sp³-hybridized carbons (Fsp3) is 0.190. The van der Waals surface area contributed by atoms with E-state index < -0.39 is 58.7 Å². The molecule has 0 aliphatic heterocycles. The second-order valence-corrected chi connectivity index (χ2v) is 7.04. The highest BCUT2D eigenvalue weighted by molar-refractivity contribution is 6.11. The molecule has 0 fully saturated rings. The molecular weight excluding hydrogens is 469 g/mol. The Morgan fingerprint density at radius 1 is 1.00 bits per heavy atom. The predicted octanol–water partition coefficient (Wildman–Crippen LogP) is 4.42. The zero-order valence-electron chi connectivity index (χ0n) is 17.3. The fourth-order valence-electron chi connectivity index (χ4n) is 2.94. The predicted molar refractivity (Wildman–Crippen MR) is 113 cm³/mol. The summed E-state index contributed by atoms with van der Waals surface area (Å²) < 4.78 is 95.9. The van der Waals surface area contributed by atoms with E-state index in [1.165, 1.54) is 0 Å². The topological polar surface area (TPSA) is 115 Å². The minimum Gasteiger partial charge on any atom is -0.322 e. The molecule has 2 aromatic rings. The van der Waals surface area contributed by atoms with Crippen LogP contribution in [0, 0.1) is 22.5 Å². The summed E-state index contributed by atoms with van der Waals surface area (Å²) in [6.07, 6.45) is -2.45. The summed E-state index contributed by atoms with van der Waals surface area (Å²) in [5.74, 6) is 1.98. The van der Waals surface area contributed by atoms with Crippen molar-refractivity contribution in [3.8, 4) is 0 Å². The molecule has 6 N–H and O–H groups in total. The summed E-state index contributed by atoms with van der Waals surface area (Å²) in [6.45, 7) is -0.775. The summed E-state index contributed by atoms with van der Waals surface area (Å²) in [4.78, 5) is 0. The summed E-state index contributed by atoms with van der Waals surface area (Å²) in [7, 11) is 0. The molecule has 34 heavy (non-hydrogen) atoms. The van der Waals surface area contributed by atoms with Crippen LogP contribution in [-0.2, 0) is 6.18 Å². The number of alkyl halides is 5. The highest BCUT2D eigenvalue weighted by Crippen LogP contribution is 2.37. The van der Waals surface area contributed by atoms with Crippen molar-refractivity contribution in [3.05, 3.63) is 82.9 Å². The number of nitrogens with zero attached hydrogens (tertiary/aromatic N) is 2. The monoisotopic (exact) mass is 488 g/mol. The second kappa shape index (κ2) is 10.5. The molecule has 6 nitrogen and oxygen atoms in total. The van der Waals surface area contributed by atoms with E-state index in [1.807, 2.05) is 0 Å². The van der Waals surface area contributed by atoms with E-state index in [0.717, 1.165) is 48.8 Å². The van der Waals surface area contributed by atoms with Gasteiger partial charge in [-0.15, -0.1) is 0 Å². The Balaban J connectivity index is 2.32. The molecule has 13 heteroatoms. The number of nitrogens with one attached hydrogen (secondary N) is 2. The van der Waals surface area contributed by atoms with E-state index in [2.05, 4.69) is 5.10 Å². The van der Waals surface area contributed by atoms with Crippen molar-refractivity contribution in [1.29, 1.82) is 10.8 Å². The Kier molecular flexibility index (Phi) is 8.16. The third-order valence-corrected chi connectivity index (χ3v) is 4.68.